The number of halogens is 1. The lowest BCUT2D eigenvalue weighted by atomic mass is 10.2. The Bertz CT molecular complexity index is 980. The van der Waals surface area contributed by atoms with Crippen molar-refractivity contribution in [1.82, 2.24) is 15.2 Å². The highest BCUT2D eigenvalue weighted by Crippen LogP contribution is 2.17. The van der Waals surface area contributed by atoms with E-state index in [1.165, 1.54) is 31.3 Å². The molecule has 2 amide bonds. The number of carbonyl (C=O) groups excluding carboxylic acids is 3. The number of nitrogens with one attached hydrogen (secondary N) is 2. The van der Waals surface area contributed by atoms with Crippen molar-refractivity contribution in [3.63, 3.8) is 0 Å². The molecule has 0 aliphatic rings. The van der Waals surface area contributed by atoms with E-state index in [9.17, 15) is 22.8 Å². The number of esters is 1. The summed E-state index contributed by atoms with van der Waals surface area (Å²) >= 11 is 5.73. The highest BCUT2D eigenvalue weighted by atomic mass is 35.5. The summed E-state index contributed by atoms with van der Waals surface area (Å²) in [5.41, 5.74) is 4.59. The molecule has 0 fully saturated rings. The van der Waals surface area contributed by atoms with Crippen molar-refractivity contribution < 1.29 is 27.5 Å². The number of hydrogen-bond donors (Lipinski definition) is 2. The zero-order chi connectivity index (χ0) is 21.4. The molecular weight excluding hydrogens is 422 g/mol. The van der Waals surface area contributed by atoms with Gasteiger partial charge in [0.1, 0.15) is 6.54 Å². The lowest BCUT2D eigenvalue weighted by Gasteiger charge is -2.16. The Balaban J connectivity index is 1.79. The molecule has 0 saturated heterocycles. The number of hydrogen-bond acceptors (Lipinski definition) is 6. The third-order valence-corrected chi connectivity index (χ3v) is 5.66. The van der Waals surface area contributed by atoms with Crippen molar-refractivity contribution in [2.24, 2.45) is 0 Å². The Morgan fingerprint density at radius 1 is 1.00 bits per heavy atom. The third-order valence-electron chi connectivity index (χ3n) is 3.59. The van der Waals surface area contributed by atoms with Gasteiger partial charge in [-0.2, -0.15) is 4.31 Å². The van der Waals surface area contributed by atoms with Gasteiger partial charge in [-0.3, -0.25) is 25.2 Å². The fraction of sp³-hybridized carbons (Fsp3) is 0.167. The summed E-state index contributed by atoms with van der Waals surface area (Å²) in [7, 11) is -2.73. The van der Waals surface area contributed by atoms with Crippen LogP contribution in [0.3, 0.4) is 0 Å². The van der Waals surface area contributed by atoms with Gasteiger partial charge in [0.25, 0.3) is 11.8 Å². The van der Waals surface area contributed by atoms with E-state index in [-0.39, 0.29) is 4.90 Å². The average molecular weight is 440 g/mol. The SMILES string of the molecule is CN(CC(=O)OCC(=O)NNC(=O)c1ccccc1)S(=O)(=O)c1ccc(Cl)cc1. The molecule has 9 nitrogen and oxygen atoms in total. The van der Waals surface area contributed by atoms with Crippen molar-refractivity contribution in [2.75, 3.05) is 20.2 Å². The first-order chi connectivity index (χ1) is 13.7. The van der Waals surface area contributed by atoms with E-state index in [1.807, 2.05) is 0 Å². The smallest absolute Gasteiger partial charge is 0.321 e. The van der Waals surface area contributed by atoms with Crippen LogP contribution in [0.4, 0.5) is 0 Å². The highest BCUT2D eigenvalue weighted by Gasteiger charge is 2.23. The van der Waals surface area contributed by atoms with Gasteiger partial charge in [0.05, 0.1) is 4.90 Å². The highest BCUT2D eigenvalue weighted by molar-refractivity contribution is 7.89. The van der Waals surface area contributed by atoms with Crippen molar-refractivity contribution in [2.45, 2.75) is 4.90 Å². The number of benzene rings is 2. The Morgan fingerprint density at radius 2 is 1.62 bits per heavy atom. The maximum absolute atomic E-state index is 12.4. The number of ether oxygens (including phenoxy) is 1. The summed E-state index contributed by atoms with van der Waals surface area (Å²) in [5, 5.41) is 0.372. The minimum Gasteiger partial charge on any atom is -0.455 e. The number of sulfonamides is 1. The van der Waals surface area contributed by atoms with Crippen LogP contribution >= 0.6 is 11.6 Å². The Hall–Kier alpha value is -2.95. The first-order valence-electron chi connectivity index (χ1n) is 8.22. The molecule has 0 heterocycles. The molecule has 0 aliphatic heterocycles. The minimum atomic E-state index is -3.93. The summed E-state index contributed by atoms with van der Waals surface area (Å²) in [6.07, 6.45) is 0. The van der Waals surface area contributed by atoms with E-state index < -0.39 is 41.0 Å². The van der Waals surface area contributed by atoms with Gasteiger partial charge in [0.2, 0.25) is 10.0 Å². The molecule has 0 atom stereocenters. The van der Waals surface area contributed by atoms with Crippen LogP contribution in [0.25, 0.3) is 0 Å². The van der Waals surface area contributed by atoms with Crippen LogP contribution in [0.5, 0.6) is 0 Å². The van der Waals surface area contributed by atoms with E-state index >= 15 is 0 Å². The first kappa shape index (κ1) is 22.3. The largest absolute Gasteiger partial charge is 0.455 e. The maximum Gasteiger partial charge on any atom is 0.321 e. The molecule has 0 aliphatic carbocycles. The third kappa shape index (κ3) is 6.56. The summed E-state index contributed by atoms with van der Waals surface area (Å²) in [6.45, 7) is -1.29. The van der Waals surface area contributed by atoms with Crippen molar-refractivity contribution in [1.29, 1.82) is 0 Å². The maximum atomic E-state index is 12.4. The van der Waals surface area contributed by atoms with Crippen molar-refractivity contribution in [3.8, 4) is 0 Å². The van der Waals surface area contributed by atoms with Gasteiger partial charge in [-0.25, -0.2) is 8.42 Å². The number of amides is 2. The monoisotopic (exact) mass is 439 g/mol. The molecule has 154 valence electrons. The fourth-order valence-electron chi connectivity index (χ4n) is 2.07. The Morgan fingerprint density at radius 3 is 2.24 bits per heavy atom. The number of carbonyl (C=O) groups is 3. The van der Waals surface area contributed by atoms with E-state index in [0.717, 1.165) is 4.31 Å². The summed E-state index contributed by atoms with van der Waals surface area (Å²) < 4.78 is 30.3. The topological polar surface area (TPSA) is 122 Å². The quantitative estimate of drug-likeness (QED) is 0.489. The minimum absolute atomic E-state index is 0.0430. The molecule has 2 rings (SSSR count). The van der Waals surface area contributed by atoms with E-state index in [2.05, 4.69) is 10.9 Å². The molecular formula is C18H18ClN3O6S. The van der Waals surface area contributed by atoms with Crippen LogP contribution in [-0.4, -0.2) is 50.7 Å². The molecule has 11 heteroatoms. The molecule has 0 unspecified atom stereocenters. The van der Waals surface area contributed by atoms with Crippen LogP contribution in [-0.2, 0) is 24.3 Å². The van der Waals surface area contributed by atoms with Crippen LogP contribution < -0.4 is 10.9 Å². The van der Waals surface area contributed by atoms with Crippen molar-refractivity contribution >= 4 is 39.4 Å². The molecule has 0 radical (unpaired) electrons. The van der Waals surface area contributed by atoms with Crippen LogP contribution in [0.15, 0.2) is 59.5 Å². The zero-order valence-corrected chi connectivity index (χ0v) is 16.9. The van der Waals surface area contributed by atoms with Gasteiger partial charge in [-0.1, -0.05) is 29.8 Å². The molecule has 2 aromatic rings. The number of rotatable bonds is 7. The molecule has 2 aromatic carbocycles. The second-order valence-electron chi connectivity index (χ2n) is 5.74. The van der Waals surface area contributed by atoms with Crippen LogP contribution in [0, 0.1) is 0 Å². The van der Waals surface area contributed by atoms with Gasteiger partial charge in [-0.15, -0.1) is 0 Å². The normalized spacial score (nSPS) is 11.0. The molecule has 2 N–H and O–H groups in total. The van der Waals surface area contributed by atoms with E-state index in [4.69, 9.17) is 16.3 Å². The molecule has 29 heavy (non-hydrogen) atoms. The Kier molecular flexibility index (Phi) is 7.71. The van der Waals surface area contributed by atoms with E-state index in [1.54, 1.807) is 30.3 Å². The predicted molar refractivity (Wildman–Crippen MR) is 104 cm³/mol. The fourth-order valence-corrected chi connectivity index (χ4v) is 3.31. The first-order valence-corrected chi connectivity index (χ1v) is 10.0. The van der Waals surface area contributed by atoms with E-state index in [0.29, 0.717) is 10.6 Å². The van der Waals surface area contributed by atoms with Gasteiger partial charge >= 0.3 is 5.97 Å². The number of nitrogens with zero attached hydrogens (tertiary/aromatic N) is 1. The lowest BCUT2D eigenvalue weighted by Crippen LogP contribution is -2.44. The summed E-state index contributed by atoms with van der Waals surface area (Å²) in [6, 6.07) is 13.6. The van der Waals surface area contributed by atoms with Gasteiger partial charge in [0, 0.05) is 17.6 Å². The van der Waals surface area contributed by atoms with Gasteiger partial charge in [0.15, 0.2) is 6.61 Å². The molecule has 0 bridgehead atoms. The summed E-state index contributed by atoms with van der Waals surface area (Å²) in [4.78, 5) is 35.2. The second kappa shape index (κ2) is 10.0. The zero-order valence-electron chi connectivity index (χ0n) is 15.3. The second-order valence-corrected chi connectivity index (χ2v) is 8.23. The molecule has 0 saturated carbocycles. The Labute approximate surface area is 172 Å². The number of likely N-dealkylation sites (N-methyl/N-ethyl adjacent to an activating group) is 1. The van der Waals surface area contributed by atoms with Crippen LogP contribution in [0.1, 0.15) is 10.4 Å². The number of hydrazine groups is 1. The summed E-state index contributed by atoms with van der Waals surface area (Å²) in [5.74, 6) is -2.26. The average Bonchev–Trinajstić information content (AvgIpc) is 2.71. The predicted octanol–water partition coefficient (Wildman–Crippen LogP) is 0.965. The lowest BCUT2D eigenvalue weighted by molar-refractivity contribution is -0.148. The van der Waals surface area contributed by atoms with Gasteiger partial charge in [-0.05, 0) is 36.4 Å². The van der Waals surface area contributed by atoms with Crippen LogP contribution in [0.2, 0.25) is 5.02 Å². The van der Waals surface area contributed by atoms with Gasteiger partial charge < -0.3 is 4.74 Å². The standard InChI is InChI=1S/C18H18ClN3O6S/c1-22(29(26,27)15-9-7-14(19)8-10-15)11-17(24)28-12-16(23)20-21-18(25)13-5-3-2-4-6-13/h2-10H,11-12H2,1H3,(H,20,23)(H,21,25). The molecule has 0 spiro atoms. The molecule has 0 aromatic heterocycles. The van der Waals surface area contributed by atoms with Crippen molar-refractivity contribution in [3.05, 3.63) is 65.2 Å².